The molecule has 1 aromatic rings. The van der Waals surface area contributed by atoms with Crippen molar-refractivity contribution in [2.45, 2.75) is 6.42 Å². The predicted molar refractivity (Wildman–Crippen MR) is 86.5 cm³/mol. The second-order valence-electron chi connectivity index (χ2n) is 5.51. The van der Waals surface area contributed by atoms with Crippen molar-refractivity contribution in [3.8, 4) is 0 Å². The number of rotatable bonds is 5. The zero-order valence-electron chi connectivity index (χ0n) is 12.1. The molecule has 0 N–H and O–H groups in total. The van der Waals surface area contributed by atoms with Crippen LogP contribution in [0.4, 0.5) is 0 Å². The first-order valence-electron chi connectivity index (χ1n) is 6.72. The highest BCUT2D eigenvalue weighted by molar-refractivity contribution is 7.74. The SMILES string of the molecule is C=C(Cc1ccccc1)N=C(C1CN(C)C1)P(C)C. The van der Waals surface area contributed by atoms with Crippen LogP contribution in [-0.2, 0) is 6.42 Å². The summed E-state index contributed by atoms with van der Waals surface area (Å²) < 4.78 is 0. The highest BCUT2D eigenvalue weighted by Crippen LogP contribution is 2.36. The lowest BCUT2D eigenvalue weighted by atomic mass is 10.0. The maximum Gasteiger partial charge on any atom is 0.0462 e. The van der Waals surface area contributed by atoms with Gasteiger partial charge in [-0.1, -0.05) is 44.8 Å². The van der Waals surface area contributed by atoms with Gasteiger partial charge in [0.1, 0.15) is 0 Å². The summed E-state index contributed by atoms with van der Waals surface area (Å²) >= 11 is 0. The van der Waals surface area contributed by atoms with Crippen LogP contribution >= 0.6 is 7.92 Å². The Balaban J connectivity index is 2.02. The molecule has 19 heavy (non-hydrogen) atoms. The molecule has 0 aromatic heterocycles. The quantitative estimate of drug-likeness (QED) is 0.593. The molecule has 1 saturated heterocycles. The van der Waals surface area contributed by atoms with E-state index in [-0.39, 0.29) is 7.92 Å². The van der Waals surface area contributed by atoms with Gasteiger partial charge in [-0.2, -0.15) is 0 Å². The Morgan fingerprint density at radius 2 is 1.95 bits per heavy atom. The lowest BCUT2D eigenvalue weighted by molar-refractivity contribution is 0.185. The van der Waals surface area contributed by atoms with E-state index in [1.165, 1.54) is 11.0 Å². The van der Waals surface area contributed by atoms with Crippen molar-refractivity contribution >= 4 is 13.4 Å². The van der Waals surface area contributed by atoms with Gasteiger partial charge in [-0.25, -0.2) is 0 Å². The van der Waals surface area contributed by atoms with Crippen LogP contribution in [0.15, 0.2) is 47.6 Å². The molecule has 0 atom stereocenters. The third-order valence-electron chi connectivity index (χ3n) is 3.41. The van der Waals surface area contributed by atoms with Gasteiger partial charge < -0.3 is 4.90 Å². The van der Waals surface area contributed by atoms with E-state index in [2.05, 4.69) is 56.1 Å². The van der Waals surface area contributed by atoms with Crippen LogP contribution in [0.3, 0.4) is 0 Å². The van der Waals surface area contributed by atoms with Crippen molar-refractivity contribution in [1.82, 2.24) is 4.90 Å². The molecule has 0 amide bonds. The highest BCUT2D eigenvalue weighted by Gasteiger charge is 2.29. The minimum absolute atomic E-state index is 0.122. The standard InChI is InChI=1S/C16H23N2P/c1-13(10-14-8-6-5-7-9-14)17-16(19(3)4)15-11-18(2)12-15/h5-9,15H,1,10-12H2,2-4H3. The molecule has 102 valence electrons. The maximum atomic E-state index is 4.85. The molecule has 0 bridgehead atoms. The number of nitrogens with zero attached hydrogens (tertiary/aromatic N) is 2. The number of benzene rings is 1. The van der Waals surface area contributed by atoms with Gasteiger partial charge in [0, 0.05) is 36.6 Å². The number of hydrogen-bond acceptors (Lipinski definition) is 2. The number of likely N-dealkylation sites (tertiary alicyclic amines) is 1. The van der Waals surface area contributed by atoms with Crippen LogP contribution in [0, 0.1) is 5.92 Å². The van der Waals surface area contributed by atoms with Crippen molar-refractivity contribution in [2.24, 2.45) is 10.9 Å². The molecule has 1 aliphatic heterocycles. The lowest BCUT2D eigenvalue weighted by Gasteiger charge is -2.38. The van der Waals surface area contributed by atoms with E-state index in [9.17, 15) is 0 Å². The maximum absolute atomic E-state index is 4.85. The first-order chi connectivity index (χ1) is 9.06. The minimum Gasteiger partial charge on any atom is -0.305 e. The van der Waals surface area contributed by atoms with Crippen LogP contribution in [0.25, 0.3) is 0 Å². The molecule has 0 saturated carbocycles. The van der Waals surface area contributed by atoms with E-state index < -0.39 is 0 Å². The number of allylic oxidation sites excluding steroid dienone is 1. The van der Waals surface area contributed by atoms with Crippen LogP contribution < -0.4 is 0 Å². The van der Waals surface area contributed by atoms with E-state index in [1.807, 2.05) is 6.07 Å². The molecule has 1 heterocycles. The van der Waals surface area contributed by atoms with Gasteiger partial charge in [0.2, 0.25) is 0 Å². The third-order valence-corrected chi connectivity index (χ3v) is 4.79. The fourth-order valence-corrected chi connectivity index (χ4v) is 3.69. The van der Waals surface area contributed by atoms with Gasteiger partial charge in [-0.15, -0.1) is 0 Å². The van der Waals surface area contributed by atoms with Crippen LogP contribution in [0.1, 0.15) is 5.56 Å². The summed E-state index contributed by atoms with van der Waals surface area (Å²) in [5, 5.41) is 0. The van der Waals surface area contributed by atoms with E-state index in [0.717, 1.165) is 25.2 Å². The summed E-state index contributed by atoms with van der Waals surface area (Å²) in [5.41, 5.74) is 3.67. The molecule has 1 aliphatic rings. The van der Waals surface area contributed by atoms with Gasteiger partial charge in [0.15, 0.2) is 0 Å². The summed E-state index contributed by atoms with van der Waals surface area (Å²) in [5.74, 6) is 0.652. The molecule has 0 radical (unpaired) electrons. The monoisotopic (exact) mass is 274 g/mol. The summed E-state index contributed by atoms with van der Waals surface area (Å²) in [6.07, 6.45) is 0.857. The normalized spacial score (nSPS) is 17.6. The van der Waals surface area contributed by atoms with E-state index in [4.69, 9.17) is 4.99 Å². The first kappa shape index (κ1) is 14.4. The molecule has 0 spiro atoms. The highest BCUT2D eigenvalue weighted by atomic mass is 31.1. The summed E-state index contributed by atoms with van der Waals surface area (Å²) in [4.78, 5) is 7.20. The van der Waals surface area contributed by atoms with E-state index in [1.54, 1.807) is 0 Å². The molecule has 0 aliphatic carbocycles. The Morgan fingerprint density at radius 1 is 1.32 bits per heavy atom. The van der Waals surface area contributed by atoms with Gasteiger partial charge in [-0.3, -0.25) is 4.99 Å². The summed E-state index contributed by atoms with van der Waals surface area (Å²) in [7, 11) is 2.05. The van der Waals surface area contributed by atoms with Crippen molar-refractivity contribution in [1.29, 1.82) is 0 Å². The summed E-state index contributed by atoms with van der Waals surface area (Å²) in [6, 6.07) is 10.5. The minimum atomic E-state index is -0.122. The Kier molecular flexibility index (Phi) is 4.90. The van der Waals surface area contributed by atoms with Gasteiger partial charge in [0.25, 0.3) is 0 Å². The van der Waals surface area contributed by atoms with Crippen molar-refractivity contribution < 1.29 is 0 Å². The van der Waals surface area contributed by atoms with Crippen molar-refractivity contribution in [3.05, 3.63) is 48.2 Å². The Labute approximate surface area is 118 Å². The van der Waals surface area contributed by atoms with Gasteiger partial charge in [-0.05, 0) is 25.9 Å². The molecule has 2 rings (SSSR count). The average molecular weight is 274 g/mol. The zero-order chi connectivity index (χ0) is 13.8. The molecular formula is C16H23N2P. The van der Waals surface area contributed by atoms with E-state index >= 15 is 0 Å². The number of hydrogen-bond donors (Lipinski definition) is 0. The molecule has 1 aromatic carbocycles. The Hall–Kier alpha value is -0.980. The van der Waals surface area contributed by atoms with Crippen LogP contribution in [-0.4, -0.2) is 43.8 Å². The molecule has 1 fully saturated rings. The van der Waals surface area contributed by atoms with Crippen LogP contribution in [0.5, 0.6) is 0 Å². The second-order valence-corrected chi connectivity index (χ2v) is 7.76. The fourth-order valence-electron chi connectivity index (χ4n) is 2.45. The molecule has 0 unspecified atom stereocenters. The Morgan fingerprint density at radius 3 is 2.47 bits per heavy atom. The number of aliphatic imine (C=N–C) groups is 1. The second kappa shape index (κ2) is 6.45. The Bertz CT molecular complexity index is 459. The first-order valence-corrected chi connectivity index (χ1v) is 8.96. The topological polar surface area (TPSA) is 15.6 Å². The molecule has 2 nitrogen and oxygen atoms in total. The molecular weight excluding hydrogens is 251 g/mol. The average Bonchev–Trinajstić information content (AvgIpc) is 2.33. The lowest BCUT2D eigenvalue weighted by Crippen LogP contribution is -2.47. The van der Waals surface area contributed by atoms with Gasteiger partial charge in [0.05, 0.1) is 0 Å². The van der Waals surface area contributed by atoms with Crippen molar-refractivity contribution in [3.63, 3.8) is 0 Å². The third kappa shape index (κ3) is 3.99. The van der Waals surface area contributed by atoms with Crippen molar-refractivity contribution in [2.75, 3.05) is 33.5 Å². The smallest absolute Gasteiger partial charge is 0.0462 e. The van der Waals surface area contributed by atoms with Crippen LogP contribution in [0.2, 0.25) is 0 Å². The molecule has 3 heteroatoms. The van der Waals surface area contributed by atoms with E-state index in [0.29, 0.717) is 5.92 Å². The summed E-state index contributed by atoms with van der Waals surface area (Å²) in [6.45, 7) is 11.0. The fraction of sp³-hybridized carbons (Fsp3) is 0.438. The van der Waals surface area contributed by atoms with Gasteiger partial charge >= 0.3 is 0 Å². The zero-order valence-corrected chi connectivity index (χ0v) is 13.0. The largest absolute Gasteiger partial charge is 0.305 e. The predicted octanol–water partition coefficient (Wildman–Crippen LogP) is 3.44.